The number of nitrogens with zero attached hydrogens (tertiary/aromatic N) is 1. The van der Waals surface area contributed by atoms with Gasteiger partial charge in [-0.2, -0.15) is 0 Å². The summed E-state index contributed by atoms with van der Waals surface area (Å²) in [4.78, 5) is 24.9. The largest absolute Gasteiger partial charge is 0.481 e. The van der Waals surface area contributed by atoms with E-state index >= 15 is 0 Å². The van der Waals surface area contributed by atoms with Gasteiger partial charge in [0.25, 0.3) is 5.97 Å². The van der Waals surface area contributed by atoms with E-state index in [0.717, 1.165) is 18.1 Å². The lowest BCUT2D eigenvalue weighted by Crippen LogP contribution is -2.32. The number of nitrogen functional groups attached to an aromatic ring is 1. The van der Waals surface area contributed by atoms with Gasteiger partial charge in [0.15, 0.2) is 0 Å². The van der Waals surface area contributed by atoms with Gasteiger partial charge in [-0.1, -0.05) is 6.07 Å². The SMILES string of the molecule is CC(=O)O.COC(=O)C(C)(C)COc1cc(C)c(-c2ccc(C(=N)N)c(F)c2)cn1. The lowest BCUT2D eigenvalue weighted by atomic mass is 9.95. The number of esters is 1. The van der Waals surface area contributed by atoms with Crippen molar-refractivity contribution in [1.82, 2.24) is 4.98 Å². The van der Waals surface area contributed by atoms with E-state index < -0.39 is 17.2 Å². The van der Waals surface area contributed by atoms with Gasteiger partial charge in [0.2, 0.25) is 5.88 Å². The summed E-state index contributed by atoms with van der Waals surface area (Å²) in [5.74, 6) is -1.72. The van der Waals surface area contributed by atoms with Crippen LogP contribution in [0.25, 0.3) is 11.1 Å². The molecule has 0 saturated carbocycles. The van der Waals surface area contributed by atoms with Crippen LogP contribution in [0.1, 0.15) is 31.9 Å². The first-order valence-corrected chi connectivity index (χ1v) is 8.90. The number of amidine groups is 1. The van der Waals surface area contributed by atoms with E-state index in [-0.39, 0.29) is 24.0 Å². The molecule has 0 aliphatic rings. The van der Waals surface area contributed by atoms with E-state index in [4.69, 9.17) is 30.5 Å². The van der Waals surface area contributed by atoms with E-state index in [2.05, 4.69) is 4.98 Å². The second-order valence-electron chi connectivity index (χ2n) is 7.13. The maximum atomic E-state index is 14.0. The molecule has 1 aromatic heterocycles. The number of nitrogens with one attached hydrogen (secondary N) is 1. The molecule has 0 spiro atoms. The lowest BCUT2D eigenvalue weighted by Gasteiger charge is -2.21. The van der Waals surface area contributed by atoms with Crippen LogP contribution < -0.4 is 10.5 Å². The van der Waals surface area contributed by atoms with Gasteiger partial charge in [-0.05, 0) is 44.0 Å². The van der Waals surface area contributed by atoms with Crippen LogP contribution in [0.15, 0.2) is 30.5 Å². The van der Waals surface area contributed by atoms with Crippen LogP contribution in [0.4, 0.5) is 4.39 Å². The molecule has 30 heavy (non-hydrogen) atoms. The zero-order chi connectivity index (χ0) is 23.1. The molecule has 4 N–H and O–H groups in total. The number of rotatable bonds is 6. The van der Waals surface area contributed by atoms with E-state index in [0.29, 0.717) is 11.4 Å². The second-order valence-corrected chi connectivity index (χ2v) is 7.13. The summed E-state index contributed by atoms with van der Waals surface area (Å²) in [6, 6.07) is 6.20. The highest BCUT2D eigenvalue weighted by Crippen LogP contribution is 2.27. The van der Waals surface area contributed by atoms with Gasteiger partial charge >= 0.3 is 5.97 Å². The monoisotopic (exact) mass is 419 g/mol. The molecular weight excluding hydrogens is 393 g/mol. The fourth-order valence-electron chi connectivity index (χ4n) is 2.40. The Labute approximate surface area is 174 Å². The molecule has 0 saturated heterocycles. The summed E-state index contributed by atoms with van der Waals surface area (Å²) in [5, 5.41) is 14.8. The summed E-state index contributed by atoms with van der Waals surface area (Å²) in [6.45, 7) is 6.50. The standard InChI is InChI=1S/C19H22FN3O3.C2H4O2/c1-11-7-16(26-10-19(2,3)18(24)25-4)23-9-14(11)12-5-6-13(17(21)22)15(20)8-12;1-2(3)4/h5-9H,10H2,1-4H3,(H3,21,22);1H3,(H,3,4). The van der Waals surface area contributed by atoms with Crippen LogP contribution in [-0.2, 0) is 14.3 Å². The van der Waals surface area contributed by atoms with Crippen molar-refractivity contribution in [2.45, 2.75) is 27.7 Å². The topological polar surface area (TPSA) is 136 Å². The summed E-state index contributed by atoms with van der Waals surface area (Å²) in [7, 11) is 1.33. The molecule has 0 fully saturated rings. The van der Waals surface area contributed by atoms with E-state index in [1.165, 1.54) is 19.2 Å². The maximum Gasteiger partial charge on any atom is 0.314 e. The predicted octanol–water partition coefficient (Wildman–Crippen LogP) is 3.15. The Morgan fingerprint density at radius 3 is 2.37 bits per heavy atom. The van der Waals surface area contributed by atoms with Crippen LogP contribution in [0.2, 0.25) is 0 Å². The average molecular weight is 419 g/mol. The summed E-state index contributed by atoms with van der Waals surface area (Å²) in [6.07, 6.45) is 1.58. The fraction of sp³-hybridized carbons (Fsp3) is 0.333. The third-order valence-corrected chi connectivity index (χ3v) is 3.97. The first-order valence-electron chi connectivity index (χ1n) is 8.90. The number of nitrogens with two attached hydrogens (primary N) is 1. The lowest BCUT2D eigenvalue weighted by molar-refractivity contribution is -0.152. The number of pyridine rings is 1. The van der Waals surface area contributed by atoms with Gasteiger partial charge in [0.1, 0.15) is 18.3 Å². The van der Waals surface area contributed by atoms with Gasteiger partial charge in [-0.25, -0.2) is 9.37 Å². The number of carboxylic acids is 1. The Balaban J connectivity index is 0.00000103. The van der Waals surface area contributed by atoms with Crippen molar-refractivity contribution in [3.63, 3.8) is 0 Å². The average Bonchev–Trinajstić information content (AvgIpc) is 2.65. The fourth-order valence-corrected chi connectivity index (χ4v) is 2.40. The van der Waals surface area contributed by atoms with Crippen molar-refractivity contribution in [1.29, 1.82) is 5.41 Å². The van der Waals surface area contributed by atoms with Crippen molar-refractivity contribution in [2.75, 3.05) is 13.7 Å². The molecule has 0 aliphatic carbocycles. The van der Waals surface area contributed by atoms with Crippen LogP contribution in [0.5, 0.6) is 5.88 Å². The van der Waals surface area contributed by atoms with Crippen molar-refractivity contribution < 1.29 is 28.6 Å². The molecule has 1 heterocycles. The molecule has 0 bridgehead atoms. The van der Waals surface area contributed by atoms with Gasteiger partial charge in [-0.3, -0.25) is 15.0 Å². The van der Waals surface area contributed by atoms with E-state index in [1.807, 2.05) is 6.92 Å². The second kappa shape index (κ2) is 10.3. The summed E-state index contributed by atoms with van der Waals surface area (Å²) in [5.41, 5.74) is 6.79. The van der Waals surface area contributed by atoms with Crippen LogP contribution in [0, 0.1) is 23.6 Å². The maximum absolute atomic E-state index is 14.0. The number of aryl methyl sites for hydroxylation is 1. The Morgan fingerprint density at radius 1 is 1.30 bits per heavy atom. The first-order chi connectivity index (χ1) is 13.9. The van der Waals surface area contributed by atoms with Crippen molar-refractivity contribution >= 4 is 17.8 Å². The number of hydrogen-bond acceptors (Lipinski definition) is 6. The van der Waals surface area contributed by atoms with Crippen molar-refractivity contribution in [3.05, 3.63) is 47.4 Å². The van der Waals surface area contributed by atoms with Crippen LogP contribution in [0.3, 0.4) is 0 Å². The third kappa shape index (κ3) is 6.84. The Hall–Kier alpha value is -3.49. The van der Waals surface area contributed by atoms with Crippen LogP contribution in [-0.4, -0.2) is 41.6 Å². The number of aliphatic carboxylic acids is 1. The normalized spacial score (nSPS) is 10.5. The summed E-state index contributed by atoms with van der Waals surface area (Å²) >= 11 is 0. The van der Waals surface area contributed by atoms with Gasteiger partial charge in [0.05, 0.1) is 18.1 Å². The minimum atomic E-state index is -0.833. The smallest absolute Gasteiger partial charge is 0.314 e. The number of carboxylic acid groups (broad SMARTS) is 1. The Kier molecular flexibility index (Phi) is 8.46. The molecular formula is C21H26FN3O5. The number of halogens is 1. The number of methoxy groups -OCH3 is 1. The highest BCUT2D eigenvalue weighted by Gasteiger charge is 2.30. The van der Waals surface area contributed by atoms with E-state index in [1.54, 1.807) is 32.2 Å². The molecule has 0 amide bonds. The van der Waals surface area contributed by atoms with Crippen molar-refractivity contribution in [3.8, 4) is 17.0 Å². The van der Waals surface area contributed by atoms with Gasteiger partial charge < -0.3 is 20.3 Å². The molecule has 1 aromatic carbocycles. The first kappa shape index (κ1) is 24.5. The number of aromatic nitrogens is 1. The molecule has 8 nitrogen and oxygen atoms in total. The zero-order valence-electron chi connectivity index (χ0n) is 17.6. The number of carbonyl (C=O) groups is 2. The quantitative estimate of drug-likeness (QED) is 0.372. The van der Waals surface area contributed by atoms with Gasteiger partial charge in [0, 0.05) is 24.8 Å². The molecule has 0 unspecified atom stereocenters. The Morgan fingerprint density at radius 2 is 1.90 bits per heavy atom. The molecule has 0 aliphatic heterocycles. The van der Waals surface area contributed by atoms with Crippen molar-refractivity contribution in [2.24, 2.45) is 11.1 Å². The molecule has 2 rings (SSSR count). The molecule has 2 aromatic rings. The third-order valence-electron chi connectivity index (χ3n) is 3.97. The highest BCUT2D eigenvalue weighted by atomic mass is 19.1. The van der Waals surface area contributed by atoms with E-state index in [9.17, 15) is 9.18 Å². The van der Waals surface area contributed by atoms with Gasteiger partial charge in [-0.15, -0.1) is 0 Å². The zero-order valence-corrected chi connectivity index (χ0v) is 17.6. The van der Waals surface area contributed by atoms with Crippen LogP contribution >= 0.6 is 0 Å². The summed E-state index contributed by atoms with van der Waals surface area (Å²) < 4.78 is 24.4. The molecule has 0 atom stereocenters. The predicted molar refractivity (Wildman–Crippen MR) is 110 cm³/mol. The minimum absolute atomic E-state index is 0.0596. The molecule has 9 heteroatoms. The number of hydrogen-bond donors (Lipinski definition) is 3. The molecule has 0 radical (unpaired) electrons. The number of benzene rings is 1. The Bertz CT molecular complexity index is 940. The number of carbonyl (C=O) groups excluding carboxylic acids is 1. The molecule has 162 valence electrons. The minimum Gasteiger partial charge on any atom is -0.481 e. The highest BCUT2D eigenvalue weighted by molar-refractivity contribution is 5.95. The number of ether oxygens (including phenoxy) is 2.